The van der Waals surface area contributed by atoms with Gasteiger partial charge in [-0.3, -0.25) is 14.9 Å². The smallest absolute Gasteiger partial charge is 0.251 e. The Hall–Kier alpha value is -3.97. The first-order valence-corrected chi connectivity index (χ1v) is 10.3. The second-order valence-corrected chi connectivity index (χ2v) is 7.17. The van der Waals surface area contributed by atoms with E-state index in [0.717, 1.165) is 11.1 Å². The molecule has 0 radical (unpaired) electrons. The summed E-state index contributed by atoms with van der Waals surface area (Å²) >= 11 is 5.19. The largest absolute Gasteiger partial charge is 0.496 e. The number of benzene rings is 3. The maximum atomic E-state index is 12.3. The van der Waals surface area contributed by atoms with Crippen LogP contribution in [0.25, 0.3) is 6.08 Å². The molecule has 3 N–H and O–H groups in total. The topological polar surface area (TPSA) is 79.5 Å². The maximum absolute atomic E-state index is 12.3. The summed E-state index contributed by atoms with van der Waals surface area (Å²) < 4.78 is 5.25. The number of para-hydroxylation sites is 1. The van der Waals surface area contributed by atoms with E-state index in [9.17, 15) is 9.59 Å². The van der Waals surface area contributed by atoms with Crippen LogP contribution in [0.4, 0.5) is 5.69 Å². The second kappa shape index (κ2) is 11.4. The summed E-state index contributed by atoms with van der Waals surface area (Å²) in [6.07, 6.45) is 3.03. The molecule has 0 atom stereocenters. The first-order valence-electron chi connectivity index (χ1n) is 9.90. The summed E-state index contributed by atoms with van der Waals surface area (Å²) in [6.45, 7) is 0.457. The number of rotatable bonds is 7. The lowest BCUT2D eigenvalue weighted by Crippen LogP contribution is -2.32. The number of hydrogen-bond donors (Lipinski definition) is 3. The van der Waals surface area contributed by atoms with Crippen LogP contribution in [0, 0.1) is 0 Å². The Kier molecular flexibility index (Phi) is 8.11. The lowest BCUT2D eigenvalue weighted by atomic mass is 10.2. The molecule has 0 bridgehead atoms. The van der Waals surface area contributed by atoms with Crippen molar-refractivity contribution in [3.63, 3.8) is 0 Å². The zero-order valence-electron chi connectivity index (χ0n) is 17.5. The minimum atomic E-state index is -0.370. The fourth-order valence-corrected chi connectivity index (χ4v) is 3.09. The molecule has 3 aromatic carbocycles. The maximum Gasteiger partial charge on any atom is 0.251 e. The molecule has 0 heterocycles. The molecular weight excluding hydrogens is 422 g/mol. The van der Waals surface area contributed by atoms with Crippen molar-refractivity contribution in [1.29, 1.82) is 0 Å². The van der Waals surface area contributed by atoms with E-state index >= 15 is 0 Å². The molecule has 3 rings (SSSR count). The van der Waals surface area contributed by atoms with Gasteiger partial charge >= 0.3 is 0 Å². The summed E-state index contributed by atoms with van der Waals surface area (Å²) in [7, 11) is 1.57. The molecule has 162 valence electrons. The third-order valence-electron chi connectivity index (χ3n) is 4.49. The molecule has 0 aromatic heterocycles. The highest BCUT2D eigenvalue weighted by Crippen LogP contribution is 2.18. The molecule has 2 amide bonds. The van der Waals surface area contributed by atoms with Crippen LogP contribution < -0.4 is 20.7 Å². The van der Waals surface area contributed by atoms with Crippen LogP contribution in [0.5, 0.6) is 5.75 Å². The SMILES string of the molecule is COc1ccccc1/C=C/C(=O)NC(=S)Nc1ccc(C(=O)NCc2ccccc2)cc1. The van der Waals surface area contributed by atoms with Gasteiger partial charge in [0, 0.05) is 29.4 Å². The van der Waals surface area contributed by atoms with Crippen molar-refractivity contribution >= 4 is 40.9 Å². The summed E-state index contributed by atoms with van der Waals surface area (Å²) in [4.78, 5) is 24.4. The van der Waals surface area contributed by atoms with Crippen LogP contribution in [-0.2, 0) is 11.3 Å². The van der Waals surface area contributed by atoms with Crippen molar-refractivity contribution < 1.29 is 14.3 Å². The highest BCUT2D eigenvalue weighted by Gasteiger charge is 2.07. The summed E-state index contributed by atoms with van der Waals surface area (Å²) in [5.41, 5.74) is 3.00. The molecule has 0 aliphatic carbocycles. The fourth-order valence-electron chi connectivity index (χ4n) is 2.87. The van der Waals surface area contributed by atoms with Crippen molar-refractivity contribution in [3.8, 4) is 5.75 Å². The van der Waals surface area contributed by atoms with Crippen LogP contribution in [0.1, 0.15) is 21.5 Å². The van der Waals surface area contributed by atoms with Crippen molar-refractivity contribution in [2.75, 3.05) is 12.4 Å². The first-order chi connectivity index (χ1) is 15.5. The molecule has 0 unspecified atom stereocenters. The number of nitrogens with one attached hydrogen (secondary N) is 3. The van der Waals surface area contributed by atoms with Gasteiger partial charge in [0.05, 0.1) is 7.11 Å². The highest BCUT2D eigenvalue weighted by atomic mass is 32.1. The zero-order chi connectivity index (χ0) is 22.8. The molecule has 3 aromatic rings. The van der Waals surface area contributed by atoms with Gasteiger partial charge in [0.15, 0.2) is 5.11 Å². The van der Waals surface area contributed by atoms with Crippen LogP contribution in [0.15, 0.2) is 84.9 Å². The molecule has 0 spiro atoms. The number of carbonyl (C=O) groups excluding carboxylic acids is 2. The van der Waals surface area contributed by atoms with Gasteiger partial charge in [0.1, 0.15) is 5.75 Å². The van der Waals surface area contributed by atoms with E-state index < -0.39 is 0 Å². The molecule has 6 nitrogen and oxygen atoms in total. The number of carbonyl (C=O) groups is 2. The van der Waals surface area contributed by atoms with Gasteiger partial charge in [-0.05, 0) is 54.2 Å². The van der Waals surface area contributed by atoms with E-state index in [4.69, 9.17) is 17.0 Å². The molecule has 0 saturated carbocycles. The van der Waals surface area contributed by atoms with Gasteiger partial charge in [-0.1, -0.05) is 48.5 Å². The lowest BCUT2D eigenvalue weighted by Gasteiger charge is -2.09. The average molecular weight is 446 g/mol. The zero-order valence-corrected chi connectivity index (χ0v) is 18.3. The van der Waals surface area contributed by atoms with Crippen molar-refractivity contribution in [2.24, 2.45) is 0 Å². The van der Waals surface area contributed by atoms with Crippen molar-refractivity contribution in [2.45, 2.75) is 6.54 Å². The molecule has 0 aliphatic heterocycles. The van der Waals surface area contributed by atoms with Gasteiger partial charge in [-0.25, -0.2) is 0 Å². The monoisotopic (exact) mass is 445 g/mol. The Labute approximate surface area is 192 Å². The number of methoxy groups -OCH3 is 1. The minimum Gasteiger partial charge on any atom is -0.496 e. The Morgan fingerprint density at radius 2 is 1.62 bits per heavy atom. The number of hydrogen-bond acceptors (Lipinski definition) is 4. The van der Waals surface area contributed by atoms with Crippen molar-refractivity contribution in [3.05, 3.63) is 102 Å². The highest BCUT2D eigenvalue weighted by molar-refractivity contribution is 7.80. The molecule has 0 saturated heterocycles. The predicted octanol–water partition coefficient (Wildman–Crippen LogP) is 4.15. The second-order valence-electron chi connectivity index (χ2n) is 6.76. The fraction of sp³-hybridized carbons (Fsp3) is 0.0800. The van der Waals surface area contributed by atoms with Gasteiger partial charge in [0.2, 0.25) is 5.91 Å². The van der Waals surface area contributed by atoms with E-state index in [1.165, 1.54) is 6.08 Å². The Balaban J connectivity index is 1.49. The van der Waals surface area contributed by atoms with Crippen LogP contribution in [0.3, 0.4) is 0 Å². The third-order valence-corrected chi connectivity index (χ3v) is 4.69. The Morgan fingerprint density at radius 1 is 0.938 bits per heavy atom. The van der Waals surface area contributed by atoms with Gasteiger partial charge in [-0.2, -0.15) is 0 Å². The lowest BCUT2D eigenvalue weighted by molar-refractivity contribution is -0.115. The average Bonchev–Trinajstić information content (AvgIpc) is 2.82. The molecule has 0 fully saturated rings. The quantitative estimate of drug-likeness (QED) is 0.376. The van der Waals surface area contributed by atoms with Gasteiger partial charge in [-0.15, -0.1) is 0 Å². The normalized spacial score (nSPS) is 10.4. The van der Waals surface area contributed by atoms with Crippen molar-refractivity contribution in [1.82, 2.24) is 10.6 Å². The third kappa shape index (κ3) is 6.78. The van der Waals surface area contributed by atoms with Gasteiger partial charge in [0.25, 0.3) is 5.91 Å². The molecular formula is C25H23N3O3S. The Bertz CT molecular complexity index is 1110. The summed E-state index contributed by atoms with van der Waals surface area (Å²) in [6, 6.07) is 23.9. The number of ether oxygens (including phenoxy) is 1. The molecule has 32 heavy (non-hydrogen) atoms. The number of amides is 2. The summed E-state index contributed by atoms with van der Waals surface area (Å²) in [5, 5.41) is 8.55. The number of anilines is 1. The standard InChI is InChI=1S/C25H23N3O3S/c1-31-22-10-6-5-9-19(22)13-16-23(29)28-25(32)27-21-14-11-20(12-15-21)24(30)26-17-18-7-3-2-4-8-18/h2-16H,17H2,1H3,(H,26,30)(H2,27,28,29,32)/b16-13+. The van der Waals surface area contributed by atoms with E-state index in [-0.39, 0.29) is 16.9 Å². The predicted molar refractivity (Wildman–Crippen MR) is 130 cm³/mol. The van der Waals surface area contributed by atoms with Crippen LogP contribution >= 0.6 is 12.2 Å². The Morgan fingerprint density at radius 3 is 2.34 bits per heavy atom. The van der Waals surface area contributed by atoms with E-state index in [1.807, 2.05) is 54.6 Å². The first kappa shape index (κ1) is 22.7. The summed E-state index contributed by atoms with van der Waals surface area (Å²) in [5.74, 6) is 0.133. The minimum absolute atomic E-state index is 0.154. The van der Waals surface area contributed by atoms with E-state index in [1.54, 1.807) is 37.5 Å². The van der Waals surface area contributed by atoms with Gasteiger partial charge < -0.3 is 15.4 Å². The van der Waals surface area contributed by atoms with E-state index in [0.29, 0.717) is 23.5 Å². The number of thiocarbonyl (C=S) groups is 1. The molecule has 7 heteroatoms. The van der Waals surface area contributed by atoms with Crippen LogP contribution in [-0.4, -0.2) is 24.0 Å². The van der Waals surface area contributed by atoms with E-state index in [2.05, 4.69) is 16.0 Å². The van der Waals surface area contributed by atoms with Crippen LogP contribution in [0.2, 0.25) is 0 Å². The molecule has 0 aliphatic rings.